The average Bonchev–Trinajstić information content (AvgIpc) is 3.02. The molecule has 2 fully saturated rings. The number of nitrogens with zero attached hydrogens (tertiary/aromatic N) is 5. The van der Waals surface area contributed by atoms with Gasteiger partial charge in [-0.1, -0.05) is 5.21 Å². The highest BCUT2D eigenvalue weighted by Gasteiger charge is 2.35. The minimum atomic E-state index is -0.766. The van der Waals surface area contributed by atoms with Crippen LogP contribution >= 0.6 is 0 Å². The largest absolute Gasteiger partial charge is 0.444 e. The van der Waals surface area contributed by atoms with Crippen molar-refractivity contribution in [2.24, 2.45) is 0 Å². The fourth-order valence-electron chi connectivity index (χ4n) is 3.23. The molecule has 1 N–H and O–H groups in total. The quantitative estimate of drug-likeness (QED) is 0.893. The summed E-state index contributed by atoms with van der Waals surface area (Å²) >= 11 is 0. The van der Waals surface area contributed by atoms with Crippen LogP contribution in [0.2, 0.25) is 0 Å². The third-order valence-corrected chi connectivity index (χ3v) is 4.47. The zero-order valence-corrected chi connectivity index (χ0v) is 12.6. The lowest BCUT2D eigenvalue weighted by Crippen LogP contribution is -2.50. The zero-order chi connectivity index (χ0) is 15.0. The molecule has 0 radical (unpaired) electrons. The van der Waals surface area contributed by atoms with E-state index in [-0.39, 0.29) is 0 Å². The van der Waals surface area contributed by atoms with Crippen molar-refractivity contribution >= 4 is 0 Å². The molecule has 7 nitrogen and oxygen atoms in total. The molecule has 3 heterocycles. The lowest BCUT2D eigenvalue weighted by molar-refractivity contribution is -0.0495. The Kier molecular flexibility index (Phi) is 3.46. The number of oxazole rings is 1. The molecule has 2 aromatic rings. The standard InChI is InChI=1S/C15H21N5O2/c21-15(11-20-7-5-17-18-20)4-1-6-19(10-15)9-14-16-8-13(22-14)12-2-3-12/h5,7-8,12,21H,1-4,6,9-11H2. The predicted molar refractivity (Wildman–Crippen MR) is 78.0 cm³/mol. The van der Waals surface area contributed by atoms with E-state index in [0.29, 0.717) is 25.6 Å². The minimum Gasteiger partial charge on any atom is -0.444 e. The first-order chi connectivity index (χ1) is 10.7. The molecule has 0 spiro atoms. The summed E-state index contributed by atoms with van der Waals surface area (Å²) in [6, 6.07) is 0. The second-order valence-electron chi connectivity index (χ2n) is 6.57. The van der Waals surface area contributed by atoms with Crippen LogP contribution in [0, 0.1) is 0 Å². The van der Waals surface area contributed by atoms with Crippen molar-refractivity contribution in [3.05, 3.63) is 30.2 Å². The average molecular weight is 303 g/mol. The van der Waals surface area contributed by atoms with Gasteiger partial charge in [0.25, 0.3) is 0 Å². The summed E-state index contributed by atoms with van der Waals surface area (Å²) in [4.78, 5) is 6.59. The van der Waals surface area contributed by atoms with Crippen LogP contribution in [0.4, 0.5) is 0 Å². The van der Waals surface area contributed by atoms with Crippen LogP contribution in [-0.2, 0) is 13.1 Å². The summed E-state index contributed by atoms with van der Waals surface area (Å²) in [7, 11) is 0. The molecular formula is C15H21N5O2. The molecule has 0 aromatic carbocycles. The van der Waals surface area contributed by atoms with E-state index >= 15 is 0 Å². The summed E-state index contributed by atoms with van der Waals surface area (Å²) in [5.74, 6) is 2.36. The summed E-state index contributed by atoms with van der Waals surface area (Å²) in [5, 5.41) is 18.6. The highest BCUT2D eigenvalue weighted by molar-refractivity contribution is 5.08. The van der Waals surface area contributed by atoms with Gasteiger partial charge in [-0.15, -0.1) is 5.10 Å². The third-order valence-electron chi connectivity index (χ3n) is 4.47. The van der Waals surface area contributed by atoms with Gasteiger partial charge in [0.05, 0.1) is 31.1 Å². The van der Waals surface area contributed by atoms with Crippen molar-refractivity contribution in [3.63, 3.8) is 0 Å². The number of hydrogen-bond donors (Lipinski definition) is 1. The van der Waals surface area contributed by atoms with E-state index in [1.54, 1.807) is 17.1 Å². The Hall–Kier alpha value is -1.73. The van der Waals surface area contributed by atoms with Crippen LogP contribution in [0.25, 0.3) is 0 Å². The summed E-state index contributed by atoms with van der Waals surface area (Å²) in [5.41, 5.74) is -0.766. The molecule has 1 atom stereocenters. The normalized spacial score (nSPS) is 26.4. The Bertz CT molecular complexity index is 622. The minimum absolute atomic E-state index is 0.475. The first-order valence-corrected chi connectivity index (χ1v) is 7.94. The number of likely N-dealkylation sites (tertiary alicyclic amines) is 1. The highest BCUT2D eigenvalue weighted by atomic mass is 16.4. The summed E-state index contributed by atoms with van der Waals surface area (Å²) in [6.45, 7) is 2.70. The lowest BCUT2D eigenvalue weighted by atomic mass is 9.93. The Morgan fingerprint density at radius 2 is 2.32 bits per heavy atom. The molecule has 2 aromatic heterocycles. The molecule has 1 aliphatic heterocycles. The van der Waals surface area contributed by atoms with Crippen molar-refractivity contribution in [1.29, 1.82) is 0 Å². The van der Waals surface area contributed by atoms with Gasteiger partial charge in [0.1, 0.15) is 5.76 Å². The first kappa shape index (κ1) is 13.9. The zero-order valence-electron chi connectivity index (χ0n) is 12.6. The maximum absolute atomic E-state index is 10.8. The van der Waals surface area contributed by atoms with E-state index in [2.05, 4.69) is 20.2 Å². The molecule has 4 rings (SSSR count). The van der Waals surface area contributed by atoms with Gasteiger partial charge < -0.3 is 9.52 Å². The van der Waals surface area contributed by atoms with Gasteiger partial charge in [0.2, 0.25) is 5.89 Å². The third kappa shape index (κ3) is 3.05. The van der Waals surface area contributed by atoms with Crippen molar-refractivity contribution < 1.29 is 9.52 Å². The molecule has 1 saturated carbocycles. The van der Waals surface area contributed by atoms with Crippen molar-refractivity contribution in [1.82, 2.24) is 24.9 Å². The molecule has 118 valence electrons. The summed E-state index contributed by atoms with van der Waals surface area (Å²) < 4.78 is 7.52. The van der Waals surface area contributed by atoms with E-state index in [0.717, 1.165) is 31.0 Å². The molecule has 0 amide bonds. The van der Waals surface area contributed by atoms with Gasteiger partial charge in [0, 0.05) is 18.7 Å². The van der Waals surface area contributed by atoms with Crippen LogP contribution in [0.3, 0.4) is 0 Å². The molecule has 7 heteroatoms. The van der Waals surface area contributed by atoms with Crippen LogP contribution in [0.5, 0.6) is 0 Å². The number of β-amino-alcohol motifs (C(OH)–C–C–N with tert-alkyl or cyclic N) is 1. The second kappa shape index (κ2) is 5.48. The Morgan fingerprint density at radius 1 is 1.41 bits per heavy atom. The molecular weight excluding hydrogens is 282 g/mol. The second-order valence-corrected chi connectivity index (χ2v) is 6.57. The van der Waals surface area contributed by atoms with Crippen LogP contribution in [0.15, 0.2) is 23.0 Å². The SMILES string of the molecule is OC1(Cn2ccnn2)CCCN(Cc2ncc(C3CC3)o2)C1. The van der Waals surface area contributed by atoms with Gasteiger partial charge in [0.15, 0.2) is 0 Å². The number of rotatable bonds is 5. The molecule has 2 aliphatic rings. The maximum atomic E-state index is 10.8. The number of hydrogen-bond acceptors (Lipinski definition) is 6. The molecule has 1 saturated heterocycles. The van der Waals surface area contributed by atoms with Crippen LogP contribution < -0.4 is 0 Å². The van der Waals surface area contributed by atoms with Gasteiger partial charge in [-0.25, -0.2) is 9.67 Å². The topological polar surface area (TPSA) is 80.2 Å². The Labute approximate surface area is 128 Å². The van der Waals surface area contributed by atoms with E-state index < -0.39 is 5.60 Å². The predicted octanol–water partition coefficient (Wildman–Crippen LogP) is 1.17. The smallest absolute Gasteiger partial charge is 0.208 e. The van der Waals surface area contributed by atoms with E-state index in [1.165, 1.54) is 12.8 Å². The summed E-state index contributed by atoms with van der Waals surface area (Å²) in [6.07, 6.45) is 9.46. The van der Waals surface area contributed by atoms with Gasteiger partial charge in [-0.05, 0) is 32.2 Å². The number of aliphatic hydroxyl groups is 1. The first-order valence-electron chi connectivity index (χ1n) is 7.94. The van der Waals surface area contributed by atoms with E-state index in [9.17, 15) is 5.11 Å². The molecule has 0 bridgehead atoms. The fraction of sp³-hybridized carbons (Fsp3) is 0.667. The Morgan fingerprint density at radius 3 is 3.09 bits per heavy atom. The van der Waals surface area contributed by atoms with Crippen molar-refractivity contribution in [2.45, 2.75) is 50.3 Å². The lowest BCUT2D eigenvalue weighted by Gasteiger charge is -2.38. The van der Waals surface area contributed by atoms with Gasteiger partial charge in [-0.3, -0.25) is 4.90 Å². The maximum Gasteiger partial charge on any atom is 0.208 e. The fourth-order valence-corrected chi connectivity index (χ4v) is 3.23. The van der Waals surface area contributed by atoms with Gasteiger partial charge in [-0.2, -0.15) is 0 Å². The molecule has 22 heavy (non-hydrogen) atoms. The molecule has 1 unspecified atom stereocenters. The van der Waals surface area contributed by atoms with Crippen molar-refractivity contribution in [3.8, 4) is 0 Å². The van der Waals surface area contributed by atoms with E-state index in [4.69, 9.17) is 4.42 Å². The Balaban J connectivity index is 1.39. The number of aromatic nitrogens is 4. The van der Waals surface area contributed by atoms with Crippen LogP contribution in [0.1, 0.15) is 43.3 Å². The van der Waals surface area contributed by atoms with Gasteiger partial charge >= 0.3 is 0 Å². The van der Waals surface area contributed by atoms with Crippen LogP contribution in [-0.4, -0.2) is 48.7 Å². The monoisotopic (exact) mass is 303 g/mol. The van der Waals surface area contributed by atoms with E-state index in [1.807, 2.05) is 6.20 Å². The van der Waals surface area contributed by atoms with Crippen molar-refractivity contribution in [2.75, 3.05) is 13.1 Å². The molecule has 1 aliphatic carbocycles. The highest BCUT2D eigenvalue weighted by Crippen LogP contribution is 2.40. The number of piperidine rings is 1.